The van der Waals surface area contributed by atoms with Gasteiger partial charge in [0.2, 0.25) is 0 Å². The lowest BCUT2D eigenvalue weighted by Gasteiger charge is -2.42. The van der Waals surface area contributed by atoms with Gasteiger partial charge in [0, 0.05) is 5.56 Å². The topological polar surface area (TPSA) is 23.5 Å². The number of nitrogens with zero attached hydrogens (tertiary/aromatic N) is 1. The van der Waals surface area contributed by atoms with Gasteiger partial charge in [-0.05, 0) is 39.9 Å². The van der Waals surface area contributed by atoms with Gasteiger partial charge >= 0.3 is 0 Å². The molecule has 0 amide bonds. The van der Waals surface area contributed by atoms with Crippen LogP contribution in [0.1, 0.15) is 43.9 Å². The standard InChI is InChI=1S/C15H24FNO/c1-6-15(7-2,17(4)5)14(18)12-10-11(3)8-9-13(12)16/h8-10,14,18H,6-7H2,1-5H3. The fourth-order valence-corrected chi connectivity index (χ4v) is 2.68. The Balaban J connectivity index is 3.25. The van der Waals surface area contributed by atoms with E-state index in [0.29, 0.717) is 5.56 Å². The maximum Gasteiger partial charge on any atom is 0.129 e. The van der Waals surface area contributed by atoms with E-state index in [4.69, 9.17) is 0 Å². The van der Waals surface area contributed by atoms with E-state index in [1.54, 1.807) is 12.1 Å². The molecule has 0 heterocycles. The van der Waals surface area contributed by atoms with E-state index in [0.717, 1.165) is 18.4 Å². The van der Waals surface area contributed by atoms with E-state index in [-0.39, 0.29) is 5.82 Å². The molecule has 0 aliphatic carbocycles. The predicted octanol–water partition coefficient (Wildman–Crippen LogP) is 3.29. The number of likely N-dealkylation sites (N-methyl/N-ethyl adjacent to an activating group) is 1. The zero-order chi connectivity index (χ0) is 13.9. The van der Waals surface area contributed by atoms with Crippen molar-refractivity contribution in [3.8, 4) is 0 Å². The minimum atomic E-state index is -0.817. The second-order valence-electron chi connectivity index (χ2n) is 5.13. The molecule has 0 saturated carbocycles. The van der Waals surface area contributed by atoms with Gasteiger partial charge in [-0.2, -0.15) is 0 Å². The van der Waals surface area contributed by atoms with E-state index in [2.05, 4.69) is 0 Å². The van der Waals surface area contributed by atoms with Crippen molar-refractivity contribution in [1.82, 2.24) is 4.90 Å². The van der Waals surface area contributed by atoms with Crippen molar-refractivity contribution in [2.45, 2.75) is 45.3 Å². The Kier molecular flexibility index (Phi) is 4.88. The molecule has 1 unspecified atom stereocenters. The maximum atomic E-state index is 13.9. The first kappa shape index (κ1) is 15.1. The van der Waals surface area contributed by atoms with Crippen LogP contribution in [-0.4, -0.2) is 29.6 Å². The minimum Gasteiger partial charge on any atom is -0.386 e. The molecule has 18 heavy (non-hydrogen) atoms. The molecule has 0 aromatic heterocycles. The summed E-state index contributed by atoms with van der Waals surface area (Å²) in [7, 11) is 3.87. The van der Waals surface area contributed by atoms with Gasteiger partial charge in [0.1, 0.15) is 11.9 Å². The molecule has 0 bridgehead atoms. The summed E-state index contributed by atoms with van der Waals surface area (Å²) in [6, 6.07) is 4.89. The molecule has 1 rings (SSSR count). The van der Waals surface area contributed by atoms with Crippen LogP contribution < -0.4 is 0 Å². The second-order valence-corrected chi connectivity index (χ2v) is 5.13. The van der Waals surface area contributed by atoms with E-state index in [1.165, 1.54) is 6.07 Å². The predicted molar refractivity (Wildman–Crippen MR) is 73.1 cm³/mol. The Hall–Kier alpha value is -0.930. The summed E-state index contributed by atoms with van der Waals surface area (Å²) in [6.07, 6.45) is 0.721. The highest BCUT2D eigenvalue weighted by Gasteiger charge is 2.38. The Labute approximate surface area is 109 Å². The first-order chi connectivity index (χ1) is 8.39. The van der Waals surface area contributed by atoms with E-state index in [1.807, 2.05) is 39.8 Å². The zero-order valence-corrected chi connectivity index (χ0v) is 12.0. The lowest BCUT2D eigenvalue weighted by atomic mass is 9.81. The van der Waals surface area contributed by atoms with Crippen LogP contribution in [0.25, 0.3) is 0 Å². The van der Waals surface area contributed by atoms with Crippen molar-refractivity contribution in [3.63, 3.8) is 0 Å². The third kappa shape index (κ3) is 2.57. The lowest BCUT2D eigenvalue weighted by molar-refractivity contribution is -0.0168. The van der Waals surface area contributed by atoms with Crippen molar-refractivity contribution in [2.75, 3.05) is 14.1 Å². The molecule has 0 aliphatic heterocycles. The third-order valence-corrected chi connectivity index (χ3v) is 4.07. The van der Waals surface area contributed by atoms with Crippen LogP contribution in [0.4, 0.5) is 4.39 Å². The van der Waals surface area contributed by atoms with Crippen LogP contribution >= 0.6 is 0 Å². The summed E-state index contributed by atoms with van der Waals surface area (Å²) in [6.45, 7) is 5.96. The quantitative estimate of drug-likeness (QED) is 0.870. The number of hydrogen-bond acceptors (Lipinski definition) is 2. The molecular formula is C15H24FNO. The molecule has 102 valence electrons. The van der Waals surface area contributed by atoms with Gasteiger partial charge in [-0.1, -0.05) is 31.5 Å². The summed E-state index contributed by atoms with van der Waals surface area (Å²) in [5.74, 6) is -0.332. The van der Waals surface area contributed by atoms with Gasteiger partial charge in [0.25, 0.3) is 0 Å². The summed E-state index contributed by atoms with van der Waals surface area (Å²) in [5, 5.41) is 10.6. The molecule has 2 nitrogen and oxygen atoms in total. The molecular weight excluding hydrogens is 229 g/mol. The Morgan fingerprint density at radius 3 is 2.28 bits per heavy atom. The van der Waals surface area contributed by atoms with Gasteiger partial charge in [0.05, 0.1) is 5.54 Å². The van der Waals surface area contributed by atoms with Crippen LogP contribution in [-0.2, 0) is 0 Å². The summed E-state index contributed by atoms with van der Waals surface area (Å²) in [4.78, 5) is 2.00. The number of rotatable bonds is 5. The number of aryl methyl sites for hydroxylation is 1. The molecule has 0 fully saturated rings. The molecule has 0 aliphatic rings. The van der Waals surface area contributed by atoms with Gasteiger partial charge in [-0.25, -0.2) is 4.39 Å². The summed E-state index contributed by atoms with van der Waals surface area (Å²) >= 11 is 0. The van der Waals surface area contributed by atoms with Gasteiger partial charge in [0.15, 0.2) is 0 Å². The average Bonchev–Trinajstić information content (AvgIpc) is 2.34. The smallest absolute Gasteiger partial charge is 0.129 e. The van der Waals surface area contributed by atoms with Gasteiger partial charge in [-0.3, -0.25) is 0 Å². The van der Waals surface area contributed by atoms with Gasteiger partial charge < -0.3 is 10.0 Å². The van der Waals surface area contributed by atoms with Crippen LogP contribution in [0.15, 0.2) is 18.2 Å². The second kappa shape index (κ2) is 5.81. The molecule has 1 N–H and O–H groups in total. The number of benzene rings is 1. The van der Waals surface area contributed by atoms with Crippen molar-refractivity contribution in [3.05, 3.63) is 35.1 Å². The number of hydrogen-bond donors (Lipinski definition) is 1. The zero-order valence-electron chi connectivity index (χ0n) is 12.0. The highest BCUT2D eigenvalue weighted by Crippen LogP contribution is 2.37. The lowest BCUT2D eigenvalue weighted by Crippen LogP contribution is -2.48. The SMILES string of the molecule is CCC(CC)(C(O)c1cc(C)ccc1F)N(C)C. The third-order valence-electron chi connectivity index (χ3n) is 4.07. The van der Waals surface area contributed by atoms with E-state index < -0.39 is 11.6 Å². The maximum absolute atomic E-state index is 13.9. The Bertz CT molecular complexity index is 399. The minimum absolute atomic E-state index is 0.332. The molecule has 0 saturated heterocycles. The average molecular weight is 253 g/mol. The van der Waals surface area contributed by atoms with Crippen LogP contribution in [0.3, 0.4) is 0 Å². The van der Waals surface area contributed by atoms with E-state index >= 15 is 0 Å². The molecule has 3 heteroatoms. The van der Waals surface area contributed by atoms with E-state index in [9.17, 15) is 9.50 Å². The fraction of sp³-hybridized carbons (Fsp3) is 0.600. The molecule has 0 spiro atoms. The molecule has 0 radical (unpaired) electrons. The molecule has 1 atom stereocenters. The number of aliphatic hydroxyl groups excluding tert-OH is 1. The van der Waals surface area contributed by atoms with Crippen molar-refractivity contribution in [2.24, 2.45) is 0 Å². The Morgan fingerprint density at radius 2 is 1.83 bits per heavy atom. The summed E-state index contributed by atoms with van der Waals surface area (Å²) < 4.78 is 13.9. The normalized spacial score (nSPS) is 14.0. The molecule has 1 aromatic carbocycles. The van der Waals surface area contributed by atoms with Crippen molar-refractivity contribution < 1.29 is 9.50 Å². The van der Waals surface area contributed by atoms with Crippen LogP contribution in [0.2, 0.25) is 0 Å². The highest BCUT2D eigenvalue weighted by molar-refractivity contribution is 5.28. The van der Waals surface area contributed by atoms with Crippen LogP contribution in [0.5, 0.6) is 0 Å². The van der Waals surface area contributed by atoms with Crippen molar-refractivity contribution in [1.29, 1.82) is 0 Å². The fourth-order valence-electron chi connectivity index (χ4n) is 2.68. The molecule has 1 aromatic rings. The van der Waals surface area contributed by atoms with Crippen LogP contribution in [0, 0.1) is 12.7 Å². The first-order valence-corrected chi connectivity index (χ1v) is 6.50. The largest absolute Gasteiger partial charge is 0.386 e. The summed E-state index contributed by atoms with van der Waals surface area (Å²) in [5.41, 5.74) is 0.937. The monoisotopic (exact) mass is 253 g/mol. The van der Waals surface area contributed by atoms with Crippen molar-refractivity contribution >= 4 is 0 Å². The first-order valence-electron chi connectivity index (χ1n) is 6.50. The number of aliphatic hydroxyl groups is 1. The van der Waals surface area contributed by atoms with Gasteiger partial charge in [-0.15, -0.1) is 0 Å². The highest BCUT2D eigenvalue weighted by atomic mass is 19.1. The Morgan fingerprint density at radius 1 is 1.28 bits per heavy atom. The number of halogens is 1.